The van der Waals surface area contributed by atoms with Gasteiger partial charge in [0.1, 0.15) is 11.9 Å². The summed E-state index contributed by atoms with van der Waals surface area (Å²) in [5.74, 6) is -2.00. The summed E-state index contributed by atoms with van der Waals surface area (Å²) in [7, 11) is 5.12. The highest BCUT2D eigenvalue weighted by molar-refractivity contribution is 6.12. The van der Waals surface area contributed by atoms with Gasteiger partial charge in [0.05, 0.1) is 48.8 Å². The second-order valence-corrected chi connectivity index (χ2v) is 26.3. The maximum absolute atomic E-state index is 14.5. The number of hydroxylamine groups is 2. The third kappa shape index (κ3) is 18.6. The molecule has 6 amide bonds. The fourth-order valence-electron chi connectivity index (χ4n) is 14.1. The number of carbonyl (C=O) groups excluding carboxylic acids is 9. The van der Waals surface area contributed by atoms with E-state index in [1.807, 2.05) is 69.7 Å². The first-order valence-electron chi connectivity index (χ1n) is 32.5. The van der Waals surface area contributed by atoms with Crippen LogP contribution in [-0.2, 0) is 62.2 Å². The van der Waals surface area contributed by atoms with Gasteiger partial charge in [0.2, 0.25) is 17.7 Å². The molecule has 4 heterocycles. The molecule has 6 rings (SSSR count). The van der Waals surface area contributed by atoms with E-state index >= 15 is 0 Å². The molecule has 1 aromatic carbocycles. The Morgan fingerprint density at radius 2 is 1.47 bits per heavy atom. The van der Waals surface area contributed by atoms with E-state index < -0.39 is 35.6 Å². The number of likely N-dealkylation sites (N-methyl/N-ethyl adjacent to an activating group) is 1. The van der Waals surface area contributed by atoms with Crippen LogP contribution in [0, 0.1) is 40.9 Å². The Hall–Kier alpha value is -5.37. The van der Waals surface area contributed by atoms with Crippen LogP contribution in [0.2, 0.25) is 0 Å². The normalized spacial score (nSPS) is 22.9. The van der Waals surface area contributed by atoms with E-state index in [1.54, 1.807) is 24.2 Å². The smallest absolute Gasteiger partial charge is 0.306 e. The number of hydrogen-bond acceptors (Lipinski definition) is 14. The summed E-state index contributed by atoms with van der Waals surface area (Å²) in [6, 6.07) is 8.59. The van der Waals surface area contributed by atoms with Crippen molar-refractivity contribution in [1.82, 2.24) is 30.0 Å². The monoisotopic (exact) mass is 1200 g/mol. The molecule has 5 aliphatic rings. The van der Waals surface area contributed by atoms with E-state index in [2.05, 4.69) is 38.2 Å². The maximum Gasteiger partial charge on any atom is 0.306 e. The molecule has 19 nitrogen and oxygen atoms in total. The summed E-state index contributed by atoms with van der Waals surface area (Å²) in [6.07, 6.45) is 10.9. The van der Waals surface area contributed by atoms with Crippen LogP contribution < -0.4 is 5.32 Å². The topological polar surface area (TPSA) is 219 Å². The van der Waals surface area contributed by atoms with Crippen molar-refractivity contribution < 1.29 is 62.2 Å². The third-order valence-corrected chi connectivity index (χ3v) is 19.3. The van der Waals surface area contributed by atoms with Gasteiger partial charge in [0.25, 0.3) is 17.7 Å². The molecule has 4 aliphatic heterocycles. The fraction of sp³-hybridized carbons (Fsp3) is 0.746. The van der Waals surface area contributed by atoms with Crippen molar-refractivity contribution in [1.29, 1.82) is 0 Å². The first-order chi connectivity index (χ1) is 41.0. The van der Waals surface area contributed by atoms with Crippen molar-refractivity contribution in [3.05, 3.63) is 48.0 Å². The number of nitrogens with one attached hydrogen (secondary N) is 1. The minimum absolute atomic E-state index is 0.0228. The minimum Gasteiger partial charge on any atom is -0.462 e. The lowest BCUT2D eigenvalue weighted by Gasteiger charge is -2.37. The number of hydrogen-bond donors (Lipinski definition) is 1. The number of benzene rings is 1. The average Bonchev–Trinajstić information content (AvgIpc) is 1.62. The average molecular weight is 1200 g/mol. The number of carbonyl (C=O) groups is 9. The molecular weight excluding hydrogens is 1100 g/mol. The number of rotatable bonds is 35. The number of nitrogens with zero attached hydrogens (tertiary/aromatic N) is 5. The summed E-state index contributed by atoms with van der Waals surface area (Å²) in [5.41, 5.74) is 0.544. The second kappa shape index (κ2) is 33.3. The molecule has 1 aliphatic carbocycles. The summed E-state index contributed by atoms with van der Waals surface area (Å²) >= 11 is 0. The van der Waals surface area contributed by atoms with Crippen molar-refractivity contribution in [2.45, 2.75) is 213 Å². The molecule has 480 valence electrons. The molecule has 0 radical (unpaired) electrons. The first kappa shape index (κ1) is 69.7. The quantitative estimate of drug-likeness (QED) is 0.0500. The summed E-state index contributed by atoms with van der Waals surface area (Å²) in [5, 5.41) is 4.69. The third-order valence-electron chi connectivity index (χ3n) is 19.3. The molecule has 1 aromatic rings. The second-order valence-electron chi connectivity index (χ2n) is 26.3. The highest BCUT2D eigenvalue weighted by atomic mass is 16.7. The van der Waals surface area contributed by atoms with Gasteiger partial charge in [-0.15, -0.1) is 0 Å². The van der Waals surface area contributed by atoms with Crippen molar-refractivity contribution in [3.8, 4) is 0 Å². The Bertz CT molecular complexity index is 2460. The van der Waals surface area contributed by atoms with E-state index in [0.717, 1.165) is 42.6 Å². The van der Waals surface area contributed by atoms with Crippen LogP contribution in [0.15, 0.2) is 42.5 Å². The van der Waals surface area contributed by atoms with Crippen molar-refractivity contribution >= 4 is 53.0 Å². The van der Waals surface area contributed by atoms with Crippen LogP contribution in [0.4, 0.5) is 0 Å². The summed E-state index contributed by atoms with van der Waals surface area (Å²) in [4.78, 5) is 133. The van der Waals surface area contributed by atoms with Crippen LogP contribution in [-0.4, -0.2) is 181 Å². The maximum atomic E-state index is 14.5. The molecule has 3 saturated heterocycles. The molecule has 0 bridgehead atoms. The van der Waals surface area contributed by atoms with Crippen molar-refractivity contribution in [2.24, 2.45) is 40.9 Å². The molecule has 1 N–H and O–H groups in total. The Morgan fingerprint density at radius 1 is 0.767 bits per heavy atom. The zero-order valence-corrected chi connectivity index (χ0v) is 53.8. The van der Waals surface area contributed by atoms with Gasteiger partial charge in [-0.25, -0.2) is 5.06 Å². The highest BCUT2D eigenvalue weighted by Crippen LogP contribution is 2.63. The number of likely N-dealkylation sites (tertiary alicyclic amines) is 2. The van der Waals surface area contributed by atoms with Gasteiger partial charge < -0.3 is 29.3 Å². The molecule has 0 aromatic heterocycles. The summed E-state index contributed by atoms with van der Waals surface area (Å²) < 4.78 is 18.1. The Kier molecular flexibility index (Phi) is 27.0. The predicted molar refractivity (Wildman–Crippen MR) is 326 cm³/mol. The van der Waals surface area contributed by atoms with Crippen LogP contribution in [0.3, 0.4) is 0 Å². The SMILES string of the molecule is CCC(C)C(CC(C)CC(=O)C(NC(=O)C(C(C)C)N(C)CCCC(=O)OC1CCN(C(=O)CCCN2C(=O)C=CC2=O)CC1)C(C)C)C(CC(=O)N1CCCC1C(OC)C(C)C(=O)CCCC1(C(=O)N2CCCCO2)CC1c1ccccc1)OC. The van der Waals surface area contributed by atoms with E-state index in [-0.39, 0.29) is 133 Å². The molecule has 4 fully saturated rings. The zero-order chi connectivity index (χ0) is 62.8. The van der Waals surface area contributed by atoms with E-state index in [9.17, 15) is 43.2 Å². The van der Waals surface area contributed by atoms with Crippen LogP contribution >= 0.6 is 0 Å². The standard InChI is InChI=1S/C67H104N6O13/c1-12-47(7)51(56(83-10)42-60(79)71-34-19-24-53(71)64(84-11)48(8)54(74)25-18-32-67(66(82)73-36-16-17-39-85-73)43-52(67)49-22-14-13-15-23-49)40-46(6)41-55(75)62(44(2)3)68-65(81)63(45(4)5)69(9)33-21-27-61(80)86-50-30-37-70(38-31-50)57(76)26-20-35-72-58(77)28-29-59(72)78/h13-15,22-23,28-29,44-48,50-53,56,62-64H,12,16-21,24-27,30-43H2,1-11H3,(H,68,81). The highest BCUT2D eigenvalue weighted by Gasteiger charge is 2.61. The number of Topliss-reactive ketones (excluding diaryl/α,β-unsaturated/α-hetero) is 2. The van der Waals surface area contributed by atoms with E-state index in [4.69, 9.17) is 19.0 Å². The Balaban J connectivity index is 0.954. The van der Waals surface area contributed by atoms with Gasteiger partial charge in [0.15, 0.2) is 5.78 Å². The molecule has 11 unspecified atom stereocenters. The number of amides is 6. The molecular formula is C67H104N6O13. The molecule has 19 heteroatoms. The largest absolute Gasteiger partial charge is 0.462 e. The number of ketones is 2. The zero-order valence-electron chi connectivity index (χ0n) is 53.8. The molecule has 11 atom stereocenters. The lowest BCUT2D eigenvalue weighted by molar-refractivity contribution is -0.203. The van der Waals surface area contributed by atoms with E-state index in [0.29, 0.717) is 97.1 Å². The molecule has 86 heavy (non-hydrogen) atoms. The number of ether oxygens (including phenoxy) is 3. The Labute approximate surface area is 512 Å². The van der Waals surface area contributed by atoms with Gasteiger partial charge in [-0.3, -0.25) is 57.8 Å². The number of methoxy groups -OCH3 is 2. The Morgan fingerprint density at radius 3 is 2.08 bits per heavy atom. The number of imide groups is 1. The lowest BCUT2D eigenvalue weighted by Crippen LogP contribution is -2.54. The fourth-order valence-corrected chi connectivity index (χ4v) is 14.1. The summed E-state index contributed by atoms with van der Waals surface area (Å²) in [6.45, 7) is 19.3. The van der Waals surface area contributed by atoms with Gasteiger partial charge in [-0.2, -0.15) is 0 Å². The van der Waals surface area contributed by atoms with Crippen LogP contribution in [0.25, 0.3) is 0 Å². The molecule has 0 spiro atoms. The van der Waals surface area contributed by atoms with Crippen LogP contribution in [0.5, 0.6) is 0 Å². The van der Waals surface area contributed by atoms with Gasteiger partial charge in [-0.05, 0) is 119 Å². The predicted octanol–water partition coefficient (Wildman–Crippen LogP) is 8.27. The minimum atomic E-state index is -0.720. The van der Waals surface area contributed by atoms with E-state index in [1.165, 1.54) is 12.2 Å². The van der Waals surface area contributed by atoms with Crippen molar-refractivity contribution in [3.63, 3.8) is 0 Å². The van der Waals surface area contributed by atoms with Gasteiger partial charge in [-0.1, -0.05) is 92.1 Å². The van der Waals surface area contributed by atoms with Gasteiger partial charge >= 0.3 is 5.97 Å². The first-order valence-corrected chi connectivity index (χ1v) is 32.5. The van der Waals surface area contributed by atoms with Crippen LogP contribution in [0.1, 0.15) is 182 Å². The molecule has 1 saturated carbocycles. The van der Waals surface area contributed by atoms with Crippen molar-refractivity contribution in [2.75, 3.05) is 67.1 Å². The van der Waals surface area contributed by atoms with Gasteiger partial charge in [0, 0.05) is 104 Å². The lowest BCUT2D eigenvalue weighted by atomic mass is 9.77. The number of piperidine rings is 1. The number of esters is 1.